The molecule has 4 atom stereocenters. The summed E-state index contributed by atoms with van der Waals surface area (Å²) < 4.78 is 28.0. The number of carbonyl (C=O) groups is 1. The lowest BCUT2D eigenvalue weighted by Crippen LogP contribution is -2.43. The molecule has 10 heteroatoms. The van der Waals surface area contributed by atoms with Crippen LogP contribution in [0.5, 0.6) is 23.0 Å². The van der Waals surface area contributed by atoms with E-state index in [1.165, 1.54) is 32.8 Å². The van der Waals surface area contributed by atoms with Crippen LogP contribution in [0.1, 0.15) is 114 Å². The second-order valence-corrected chi connectivity index (χ2v) is 14.7. The number of hydrogen-bond acceptors (Lipinski definition) is 9. The Bertz CT molecular complexity index is 1540. The molecule has 0 aromatic heterocycles. The van der Waals surface area contributed by atoms with Gasteiger partial charge >= 0.3 is 6.09 Å². The summed E-state index contributed by atoms with van der Waals surface area (Å²) >= 11 is 0. The number of carbonyl (C=O) groups excluding carboxylic acids is 1. The van der Waals surface area contributed by atoms with Crippen LogP contribution in [-0.4, -0.2) is 57.4 Å². The van der Waals surface area contributed by atoms with Gasteiger partial charge in [0.2, 0.25) is 0 Å². The Morgan fingerprint density at radius 2 is 1.22 bits per heavy atom. The van der Waals surface area contributed by atoms with Crippen molar-refractivity contribution in [2.24, 2.45) is 5.92 Å². The minimum Gasteiger partial charge on any atom is -0.493 e. The molecule has 0 saturated heterocycles. The number of aliphatic hydroxyl groups excluding tert-OH is 1. The molecule has 4 aliphatic rings. The topological polar surface area (TPSA) is 143 Å². The van der Waals surface area contributed by atoms with Crippen molar-refractivity contribution in [2.45, 2.75) is 132 Å². The number of aliphatic hydroxyl groups is 1. The third-order valence-electron chi connectivity index (χ3n) is 11.4. The predicted molar refractivity (Wildman–Crippen MR) is 193 cm³/mol. The lowest BCUT2D eigenvalue weighted by molar-refractivity contribution is 0.159. The molecule has 4 fully saturated rings. The fraction of sp³-hybridized carbons (Fsp3) is 0.634. The molecule has 0 heterocycles. The second kappa shape index (κ2) is 17.9. The fourth-order valence-corrected chi connectivity index (χ4v) is 8.53. The van der Waals surface area contributed by atoms with Gasteiger partial charge in [-0.2, -0.15) is 10.5 Å². The van der Waals surface area contributed by atoms with E-state index in [0.29, 0.717) is 17.9 Å². The zero-order valence-electron chi connectivity index (χ0n) is 30.6. The summed E-state index contributed by atoms with van der Waals surface area (Å²) in [5.41, 5.74) is 0.752. The number of nitrogens with zero attached hydrogens (tertiary/aromatic N) is 2. The quantitative estimate of drug-likeness (QED) is 0.252. The normalized spacial score (nSPS) is 26.5. The highest BCUT2D eigenvalue weighted by Gasteiger charge is 2.40. The van der Waals surface area contributed by atoms with Gasteiger partial charge in [0.1, 0.15) is 0 Å². The van der Waals surface area contributed by atoms with Gasteiger partial charge in [-0.05, 0) is 138 Å². The van der Waals surface area contributed by atoms with Crippen LogP contribution in [-0.2, 0) is 15.6 Å². The maximum absolute atomic E-state index is 11.6. The van der Waals surface area contributed by atoms with E-state index in [2.05, 4.69) is 17.5 Å². The Morgan fingerprint density at radius 1 is 0.725 bits per heavy atom. The summed E-state index contributed by atoms with van der Waals surface area (Å²) in [6, 6.07) is 16.7. The van der Waals surface area contributed by atoms with Gasteiger partial charge in [-0.15, -0.1) is 0 Å². The maximum atomic E-state index is 11.6. The van der Waals surface area contributed by atoms with E-state index < -0.39 is 16.9 Å². The molecule has 6 rings (SSSR count). The van der Waals surface area contributed by atoms with Crippen molar-refractivity contribution < 1.29 is 33.6 Å². The number of nitriles is 2. The first-order chi connectivity index (χ1) is 24.8. The standard InChI is InChI=1S/C21H28N2O4.C20H27NO3/c1-25-18-10-9-15(12-19(18)27-17-7-3-4-8-17)21(14-22)11-5-6-16(13-21)23-20(24)26-2;1-23-18-9-8-16(11-19(18)24-17-6-2-3-7-17)20(14-21)10-4-5-15(12-20)13-22/h9-10,12,16-17H,3-8,11,13H2,1-2H3,(H,23,24);8-9,11,15,17,22H,2-7,10,12-13H2,1H3/t16-,21-;15-,20?/m11/s1. The van der Waals surface area contributed by atoms with E-state index in [-0.39, 0.29) is 30.8 Å². The molecule has 10 nitrogen and oxygen atoms in total. The highest BCUT2D eigenvalue weighted by molar-refractivity contribution is 5.67. The first-order valence-corrected chi connectivity index (χ1v) is 18.8. The molecule has 276 valence electrons. The summed E-state index contributed by atoms with van der Waals surface area (Å²) in [6.45, 7) is 0.158. The number of benzene rings is 2. The Morgan fingerprint density at radius 3 is 1.67 bits per heavy atom. The van der Waals surface area contributed by atoms with Gasteiger partial charge in [0, 0.05) is 12.6 Å². The van der Waals surface area contributed by atoms with Gasteiger partial charge in [-0.25, -0.2) is 4.79 Å². The molecule has 4 aliphatic carbocycles. The third kappa shape index (κ3) is 9.21. The molecule has 51 heavy (non-hydrogen) atoms. The van der Waals surface area contributed by atoms with E-state index in [4.69, 9.17) is 23.7 Å². The van der Waals surface area contributed by atoms with Crippen LogP contribution in [0.3, 0.4) is 0 Å². The van der Waals surface area contributed by atoms with E-state index in [1.54, 1.807) is 14.2 Å². The van der Waals surface area contributed by atoms with Crippen LogP contribution < -0.4 is 24.3 Å². The summed E-state index contributed by atoms with van der Waals surface area (Å²) in [7, 11) is 4.64. The zero-order chi connectivity index (χ0) is 36.3. The van der Waals surface area contributed by atoms with Crippen molar-refractivity contribution in [1.29, 1.82) is 10.5 Å². The molecule has 2 N–H and O–H groups in total. The van der Waals surface area contributed by atoms with Crippen molar-refractivity contribution in [2.75, 3.05) is 27.9 Å². The Balaban J connectivity index is 0.000000199. The van der Waals surface area contributed by atoms with Crippen LogP contribution in [0.4, 0.5) is 4.79 Å². The number of rotatable bonds is 10. The van der Waals surface area contributed by atoms with Crippen molar-refractivity contribution >= 4 is 6.09 Å². The molecular weight excluding hydrogens is 646 g/mol. The molecular formula is C41H55N3O7. The van der Waals surface area contributed by atoms with Crippen molar-refractivity contribution in [3.8, 4) is 35.1 Å². The first kappa shape index (κ1) is 38.1. The molecule has 4 saturated carbocycles. The summed E-state index contributed by atoms with van der Waals surface area (Å²) in [6.07, 6.45) is 15.7. The molecule has 0 bridgehead atoms. The van der Waals surface area contributed by atoms with Gasteiger partial charge < -0.3 is 34.1 Å². The van der Waals surface area contributed by atoms with Gasteiger partial charge in [-0.1, -0.05) is 18.6 Å². The molecule has 1 unspecified atom stereocenters. The van der Waals surface area contributed by atoms with Gasteiger partial charge in [-0.3, -0.25) is 0 Å². The van der Waals surface area contributed by atoms with Crippen LogP contribution >= 0.6 is 0 Å². The summed E-state index contributed by atoms with van der Waals surface area (Å²) in [5, 5.41) is 32.3. The van der Waals surface area contributed by atoms with Gasteiger partial charge in [0.05, 0.1) is 56.5 Å². The Labute approximate surface area is 303 Å². The van der Waals surface area contributed by atoms with E-state index in [0.717, 1.165) is 93.3 Å². The molecule has 0 radical (unpaired) electrons. The largest absolute Gasteiger partial charge is 0.493 e. The number of ether oxygens (including phenoxy) is 5. The third-order valence-corrected chi connectivity index (χ3v) is 11.4. The van der Waals surface area contributed by atoms with Gasteiger partial charge in [0.25, 0.3) is 0 Å². The average molecular weight is 702 g/mol. The van der Waals surface area contributed by atoms with E-state index in [9.17, 15) is 20.4 Å². The predicted octanol–water partition coefficient (Wildman–Crippen LogP) is 8.04. The van der Waals surface area contributed by atoms with Crippen LogP contribution in [0.2, 0.25) is 0 Å². The fourth-order valence-electron chi connectivity index (χ4n) is 8.53. The second-order valence-electron chi connectivity index (χ2n) is 14.7. The smallest absolute Gasteiger partial charge is 0.407 e. The van der Waals surface area contributed by atoms with Gasteiger partial charge in [0.15, 0.2) is 23.0 Å². The Kier molecular flexibility index (Phi) is 13.3. The average Bonchev–Trinajstić information content (AvgIpc) is 3.90. The summed E-state index contributed by atoms with van der Waals surface area (Å²) in [5.74, 6) is 3.09. The minimum atomic E-state index is -0.649. The molecule has 0 spiro atoms. The lowest BCUT2D eigenvalue weighted by atomic mass is 9.67. The zero-order valence-corrected chi connectivity index (χ0v) is 30.6. The van der Waals surface area contributed by atoms with E-state index in [1.807, 2.05) is 36.4 Å². The number of methoxy groups -OCH3 is 3. The monoisotopic (exact) mass is 701 g/mol. The van der Waals surface area contributed by atoms with Crippen molar-refractivity contribution in [3.63, 3.8) is 0 Å². The number of amides is 1. The van der Waals surface area contributed by atoms with Crippen molar-refractivity contribution in [1.82, 2.24) is 5.32 Å². The lowest BCUT2D eigenvalue weighted by Gasteiger charge is -2.36. The van der Waals surface area contributed by atoms with E-state index >= 15 is 0 Å². The SMILES string of the molecule is COC(=O)N[C@@H]1CCC[C@@](C#N)(c2ccc(OC)c(OC3CCCC3)c2)C1.COc1ccc(C2(C#N)CCC[C@@H](CO)C2)cc1OC1CCCC1. The maximum Gasteiger partial charge on any atom is 0.407 e. The highest BCUT2D eigenvalue weighted by Crippen LogP contribution is 2.45. The van der Waals surface area contributed by atoms with Crippen LogP contribution in [0, 0.1) is 28.6 Å². The first-order valence-electron chi connectivity index (χ1n) is 18.8. The summed E-state index contributed by atoms with van der Waals surface area (Å²) in [4.78, 5) is 11.6. The molecule has 1 amide bonds. The Hall–Kier alpha value is -4.15. The van der Waals surface area contributed by atoms with Crippen LogP contribution in [0.15, 0.2) is 36.4 Å². The molecule has 2 aromatic rings. The molecule has 0 aliphatic heterocycles. The number of nitrogens with one attached hydrogen (secondary N) is 1. The number of alkyl carbamates (subject to hydrolysis) is 1. The number of hydrogen-bond donors (Lipinski definition) is 2. The van der Waals surface area contributed by atoms with Crippen LogP contribution in [0.25, 0.3) is 0 Å². The minimum absolute atomic E-state index is 0.0767. The highest BCUT2D eigenvalue weighted by atomic mass is 16.5. The molecule has 2 aromatic carbocycles. The van der Waals surface area contributed by atoms with Crippen molar-refractivity contribution in [3.05, 3.63) is 47.5 Å².